The van der Waals surface area contributed by atoms with Crippen molar-refractivity contribution in [2.24, 2.45) is 0 Å². The van der Waals surface area contributed by atoms with Crippen LogP contribution in [0.1, 0.15) is 45.4 Å². The molecule has 138 valence electrons. The van der Waals surface area contributed by atoms with Gasteiger partial charge in [0.15, 0.2) is 0 Å². The van der Waals surface area contributed by atoms with Crippen LogP contribution in [0.4, 0.5) is 10.6 Å². The SMILES string of the molecule is C=Cc1cc(-c2ccc(N(C)C(=O)OC(C)(C)C)nc2)oc1/C=C\CC. The van der Waals surface area contributed by atoms with Crippen LogP contribution in [0, 0.1) is 0 Å². The van der Waals surface area contributed by atoms with Gasteiger partial charge < -0.3 is 9.15 Å². The fraction of sp³-hybridized carbons (Fsp3) is 0.333. The van der Waals surface area contributed by atoms with E-state index in [9.17, 15) is 4.79 Å². The minimum absolute atomic E-state index is 0.448. The molecule has 0 N–H and O–H groups in total. The van der Waals surface area contributed by atoms with Crippen LogP contribution in [-0.2, 0) is 4.74 Å². The number of ether oxygens (including phenoxy) is 1. The summed E-state index contributed by atoms with van der Waals surface area (Å²) in [4.78, 5) is 17.9. The number of furan rings is 1. The van der Waals surface area contributed by atoms with Gasteiger partial charge in [-0.3, -0.25) is 4.90 Å². The Kier molecular flexibility index (Phi) is 6.03. The van der Waals surface area contributed by atoms with Gasteiger partial charge in [-0.15, -0.1) is 0 Å². The Morgan fingerprint density at radius 2 is 2.12 bits per heavy atom. The lowest BCUT2D eigenvalue weighted by Crippen LogP contribution is -2.34. The van der Waals surface area contributed by atoms with Crippen LogP contribution in [0.15, 0.2) is 41.5 Å². The molecule has 0 spiro atoms. The van der Waals surface area contributed by atoms with E-state index in [0.29, 0.717) is 11.6 Å². The number of aromatic nitrogens is 1. The minimum atomic E-state index is -0.553. The van der Waals surface area contributed by atoms with E-state index in [4.69, 9.17) is 9.15 Å². The molecule has 0 fully saturated rings. The number of anilines is 1. The second-order valence-electron chi connectivity index (χ2n) is 6.89. The van der Waals surface area contributed by atoms with Crippen molar-refractivity contribution < 1.29 is 13.9 Å². The van der Waals surface area contributed by atoms with Gasteiger partial charge in [0.2, 0.25) is 0 Å². The molecule has 0 aliphatic heterocycles. The first-order valence-corrected chi connectivity index (χ1v) is 8.61. The quantitative estimate of drug-likeness (QED) is 0.683. The van der Waals surface area contributed by atoms with E-state index in [0.717, 1.165) is 23.3 Å². The first-order valence-electron chi connectivity index (χ1n) is 8.61. The van der Waals surface area contributed by atoms with Crippen molar-refractivity contribution in [2.75, 3.05) is 11.9 Å². The summed E-state index contributed by atoms with van der Waals surface area (Å²) in [7, 11) is 1.63. The zero-order valence-electron chi connectivity index (χ0n) is 16.1. The first kappa shape index (κ1) is 19.5. The van der Waals surface area contributed by atoms with Crippen molar-refractivity contribution in [3.05, 3.63) is 48.4 Å². The van der Waals surface area contributed by atoms with Gasteiger partial charge in [0.1, 0.15) is 22.9 Å². The molecule has 0 bridgehead atoms. The lowest BCUT2D eigenvalue weighted by atomic mass is 10.1. The third-order valence-electron chi connectivity index (χ3n) is 3.56. The maximum absolute atomic E-state index is 12.1. The summed E-state index contributed by atoms with van der Waals surface area (Å²) in [5, 5.41) is 0. The number of hydrogen-bond donors (Lipinski definition) is 0. The van der Waals surface area contributed by atoms with Gasteiger partial charge in [-0.25, -0.2) is 9.78 Å². The average molecular weight is 354 g/mol. The van der Waals surface area contributed by atoms with Gasteiger partial charge in [-0.2, -0.15) is 0 Å². The lowest BCUT2D eigenvalue weighted by Gasteiger charge is -2.24. The Morgan fingerprint density at radius 1 is 1.38 bits per heavy atom. The van der Waals surface area contributed by atoms with E-state index in [1.165, 1.54) is 4.90 Å². The maximum atomic E-state index is 12.1. The summed E-state index contributed by atoms with van der Waals surface area (Å²) < 4.78 is 11.3. The number of amides is 1. The normalized spacial score (nSPS) is 11.6. The molecule has 0 unspecified atom stereocenters. The Morgan fingerprint density at radius 3 is 2.65 bits per heavy atom. The van der Waals surface area contributed by atoms with Gasteiger partial charge in [-0.05, 0) is 51.5 Å². The standard InChI is InChI=1S/C21H26N2O3/c1-7-9-10-17-15(8-2)13-18(25-17)16-11-12-19(22-14-16)23(6)20(24)26-21(3,4)5/h8-14H,2,7H2,1,3-6H3/b10-9-. The molecule has 2 rings (SSSR count). The van der Waals surface area contributed by atoms with Crippen LogP contribution >= 0.6 is 0 Å². The molecule has 2 aromatic rings. The number of allylic oxidation sites excluding steroid dienone is 1. The van der Waals surface area contributed by atoms with Gasteiger partial charge in [-0.1, -0.05) is 25.7 Å². The van der Waals surface area contributed by atoms with Gasteiger partial charge in [0, 0.05) is 24.4 Å². The Balaban J connectivity index is 2.22. The molecular formula is C21H26N2O3. The molecule has 5 heteroatoms. The lowest BCUT2D eigenvalue weighted by molar-refractivity contribution is 0.0588. The van der Waals surface area contributed by atoms with E-state index in [1.807, 2.05) is 45.1 Å². The maximum Gasteiger partial charge on any atom is 0.415 e. The molecule has 2 aromatic heterocycles. The third kappa shape index (κ3) is 4.85. The van der Waals surface area contributed by atoms with E-state index in [-0.39, 0.29) is 0 Å². The van der Waals surface area contributed by atoms with Crippen LogP contribution in [0.3, 0.4) is 0 Å². The first-order chi connectivity index (χ1) is 12.2. The highest BCUT2D eigenvalue weighted by Crippen LogP contribution is 2.28. The monoisotopic (exact) mass is 354 g/mol. The zero-order chi connectivity index (χ0) is 19.3. The average Bonchev–Trinajstić information content (AvgIpc) is 3.01. The number of hydrogen-bond acceptors (Lipinski definition) is 4. The number of rotatable bonds is 5. The van der Waals surface area contributed by atoms with Gasteiger partial charge >= 0.3 is 6.09 Å². The van der Waals surface area contributed by atoms with E-state index >= 15 is 0 Å². The smallest absolute Gasteiger partial charge is 0.415 e. The van der Waals surface area contributed by atoms with E-state index < -0.39 is 11.7 Å². The highest BCUT2D eigenvalue weighted by molar-refractivity contribution is 5.86. The topological polar surface area (TPSA) is 55.6 Å². The molecule has 1 amide bonds. The Hall–Kier alpha value is -2.82. The van der Waals surface area contributed by atoms with Crippen molar-refractivity contribution in [1.82, 2.24) is 4.98 Å². The summed E-state index contributed by atoms with van der Waals surface area (Å²) >= 11 is 0. The summed E-state index contributed by atoms with van der Waals surface area (Å²) in [6.45, 7) is 11.4. The van der Waals surface area contributed by atoms with E-state index in [2.05, 4.69) is 18.5 Å². The highest BCUT2D eigenvalue weighted by Gasteiger charge is 2.21. The molecule has 2 heterocycles. The predicted molar refractivity (Wildman–Crippen MR) is 106 cm³/mol. The van der Waals surface area contributed by atoms with Crippen molar-refractivity contribution in [1.29, 1.82) is 0 Å². The fourth-order valence-corrected chi connectivity index (χ4v) is 2.23. The Labute approximate surface area is 155 Å². The van der Waals surface area contributed by atoms with E-state index in [1.54, 1.807) is 25.4 Å². The number of carbonyl (C=O) groups is 1. The zero-order valence-corrected chi connectivity index (χ0v) is 16.1. The summed E-state index contributed by atoms with van der Waals surface area (Å²) in [6, 6.07) is 5.55. The van der Waals surface area contributed by atoms with Crippen molar-refractivity contribution >= 4 is 24.1 Å². The molecule has 0 aliphatic carbocycles. The molecule has 0 saturated heterocycles. The molecule has 0 radical (unpaired) electrons. The number of carbonyl (C=O) groups excluding carboxylic acids is 1. The molecule has 0 aromatic carbocycles. The second-order valence-corrected chi connectivity index (χ2v) is 6.89. The van der Waals surface area contributed by atoms with Crippen molar-refractivity contribution in [3.63, 3.8) is 0 Å². The predicted octanol–water partition coefficient (Wildman–Crippen LogP) is 5.78. The second kappa shape index (κ2) is 8.04. The highest BCUT2D eigenvalue weighted by atomic mass is 16.6. The largest absolute Gasteiger partial charge is 0.456 e. The molecule has 0 atom stereocenters. The Bertz CT molecular complexity index is 796. The van der Waals surface area contributed by atoms with Crippen molar-refractivity contribution in [3.8, 4) is 11.3 Å². The minimum Gasteiger partial charge on any atom is -0.456 e. The van der Waals surface area contributed by atoms with Crippen molar-refractivity contribution in [2.45, 2.75) is 39.7 Å². The van der Waals surface area contributed by atoms with Crippen LogP contribution in [0.5, 0.6) is 0 Å². The van der Waals surface area contributed by atoms with Gasteiger partial charge in [0.05, 0.1) is 0 Å². The molecule has 5 nitrogen and oxygen atoms in total. The third-order valence-corrected chi connectivity index (χ3v) is 3.56. The van der Waals surface area contributed by atoms with Gasteiger partial charge in [0.25, 0.3) is 0 Å². The summed E-state index contributed by atoms with van der Waals surface area (Å²) in [5.74, 6) is 1.98. The molecular weight excluding hydrogens is 328 g/mol. The molecule has 0 saturated carbocycles. The molecule has 26 heavy (non-hydrogen) atoms. The molecule has 0 aliphatic rings. The van der Waals surface area contributed by atoms with Crippen LogP contribution < -0.4 is 4.90 Å². The summed E-state index contributed by atoms with van der Waals surface area (Å²) in [5.41, 5.74) is 1.20. The van der Waals surface area contributed by atoms with Crippen LogP contribution in [-0.4, -0.2) is 23.7 Å². The van der Waals surface area contributed by atoms with Crippen LogP contribution in [0.25, 0.3) is 23.5 Å². The number of pyridine rings is 1. The number of nitrogens with zero attached hydrogens (tertiary/aromatic N) is 2. The van der Waals surface area contributed by atoms with Crippen LogP contribution in [0.2, 0.25) is 0 Å². The fourth-order valence-electron chi connectivity index (χ4n) is 2.23. The summed E-state index contributed by atoms with van der Waals surface area (Å²) in [6.07, 6.45) is 7.90.